The average molecular weight is 874 g/mol. The summed E-state index contributed by atoms with van der Waals surface area (Å²) in [5.74, 6) is 1.18. The van der Waals surface area contributed by atoms with Crippen LogP contribution in [0.1, 0.15) is 52.9 Å². The molecule has 3 unspecified atom stereocenters. The van der Waals surface area contributed by atoms with Crippen molar-refractivity contribution >= 4 is 72.6 Å². The molecule has 0 aromatic rings. The number of esters is 4. The number of methoxy groups -OCH3 is 2. The van der Waals surface area contributed by atoms with Crippen LogP contribution in [0.3, 0.4) is 0 Å². The highest BCUT2D eigenvalue weighted by Crippen LogP contribution is 2.07. The van der Waals surface area contributed by atoms with Crippen LogP contribution in [-0.4, -0.2) is 195 Å². The molecule has 0 N–H and O–H groups in total. The van der Waals surface area contributed by atoms with Gasteiger partial charge in [0, 0.05) is 57.2 Å². The number of carbonyl (C=O) groups is 6. The Morgan fingerprint density at radius 1 is 0.579 bits per heavy atom. The summed E-state index contributed by atoms with van der Waals surface area (Å²) in [7, 11) is 7.13. The summed E-state index contributed by atoms with van der Waals surface area (Å²) >= 11 is 7.14. The minimum atomic E-state index is -0.337. The molecular formula is C39H75N3O12S3. The van der Waals surface area contributed by atoms with Crippen molar-refractivity contribution in [3.8, 4) is 0 Å². The fourth-order valence-electron chi connectivity index (χ4n) is 4.34. The fraction of sp³-hybridized carbons (Fsp3) is 0.846. The number of carbonyl (C=O) groups excluding carboxylic acids is 6. The lowest BCUT2D eigenvalue weighted by Crippen LogP contribution is -2.35. The normalized spacial score (nSPS) is 12.4. The van der Waals surface area contributed by atoms with Gasteiger partial charge in [-0.3, -0.25) is 19.2 Å². The molecule has 0 aliphatic heterocycles. The lowest BCUT2D eigenvalue weighted by Gasteiger charge is -2.26. The number of thioether (sulfide) groups is 2. The van der Waals surface area contributed by atoms with E-state index in [4.69, 9.17) is 28.4 Å². The van der Waals surface area contributed by atoms with Gasteiger partial charge >= 0.3 is 23.9 Å². The van der Waals surface area contributed by atoms with E-state index in [2.05, 4.69) is 27.3 Å². The Bertz CT molecular complexity index is 991. The standard InChI is InChI=1S/C30H57N3O10S.C5H10OS.C4H8OS/c1-26(25-44-6)30(37)43-24-23-42-29(36)9-16-32(13-7-12-31(2)3)14-8-15-33(17-10-27(34)40-21-19-38-4)18-11-28(35)41-22-20-39-5;1-5(3-6)4-7-2;1-4(2-5)3-6/h26H,7-25H2,1-6H3;3,5H,4H2,1-2H3;2,4,6H,3H2,1H3. The van der Waals surface area contributed by atoms with Crippen molar-refractivity contribution in [2.24, 2.45) is 17.8 Å². The Morgan fingerprint density at radius 2 is 0.965 bits per heavy atom. The van der Waals surface area contributed by atoms with Crippen molar-refractivity contribution in [2.45, 2.75) is 52.9 Å². The predicted molar refractivity (Wildman–Crippen MR) is 232 cm³/mol. The zero-order chi connectivity index (χ0) is 43.7. The lowest BCUT2D eigenvalue weighted by molar-refractivity contribution is -0.154. The number of ether oxygens (including phenoxy) is 6. The van der Waals surface area contributed by atoms with Gasteiger partial charge in [0.25, 0.3) is 0 Å². The number of hydrogen-bond acceptors (Lipinski definition) is 18. The lowest BCUT2D eigenvalue weighted by atomic mass is 10.2. The summed E-state index contributed by atoms with van der Waals surface area (Å²) in [6.07, 6.45) is 8.15. The summed E-state index contributed by atoms with van der Waals surface area (Å²) in [5, 5.41) is 0. The van der Waals surface area contributed by atoms with Crippen molar-refractivity contribution in [3.63, 3.8) is 0 Å². The molecule has 0 spiro atoms. The minimum Gasteiger partial charge on any atom is -0.463 e. The van der Waals surface area contributed by atoms with Crippen LogP contribution in [0.4, 0.5) is 0 Å². The Labute approximate surface area is 357 Å². The number of thiol groups is 1. The summed E-state index contributed by atoms with van der Waals surface area (Å²) < 4.78 is 30.6. The molecule has 15 nitrogen and oxygen atoms in total. The van der Waals surface area contributed by atoms with Crippen molar-refractivity contribution in [1.29, 1.82) is 0 Å². The van der Waals surface area contributed by atoms with E-state index in [-0.39, 0.29) is 87.3 Å². The van der Waals surface area contributed by atoms with E-state index in [1.54, 1.807) is 37.7 Å². The molecule has 3 atom stereocenters. The molecule has 0 heterocycles. The molecule has 0 bridgehead atoms. The van der Waals surface area contributed by atoms with Gasteiger partial charge in [0.05, 0.1) is 38.4 Å². The quantitative estimate of drug-likeness (QED) is 0.0328. The zero-order valence-electron chi connectivity index (χ0n) is 36.2. The largest absolute Gasteiger partial charge is 0.463 e. The third-order valence-corrected chi connectivity index (χ3v) is 9.89. The van der Waals surface area contributed by atoms with Crippen LogP contribution in [0.15, 0.2) is 0 Å². The molecule has 0 radical (unpaired) electrons. The average Bonchev–Trinajstić information content (AvgIpc) is 3.19. The Kier molecular flexibility index (Phi) is 45.5. The van der Waals surface area contributed by atoms with Crippen LogP contribution in [0.25, 0.3) is 0 Å². The second-order valence-corrected chi connectivity index (χ2v) is 15.7. The number of hydrogen-bond donors (Lipinski definition) is 1. The molecule has 0 aromatic carbocycles. The maximum atomic E-state index is 12.4. The van der Waals surface area contributed by atoms with Crippen LogP contribution in [-0.2, 0) is 57.2 Å². The van der Waals surface area contributed by atoms with Crippen LogP contribution in [0.5, 0.6) is 0 Å². The van der Waals surface area contributed by atoms with E-state index >= 15 is 0 Å². The van der Waals surface area contributed by atoms with Gasteiger partial charge in [0.2, 0.25) is 0 Å². The Hall–Kier alpha value is -1.93. The van der Waals surface area contributed by atoms with E-state index in [0.717, 1.165) is 50.8 Å². The molecule has 0 aliphatic carbocycles. The van der Waals surface area contributed by atoms with Crippen molar-refractivity contribution < 1.29 is 57.2 Å². The SMILES string of the molecule is CC(C=O)CS.COCCOC(=O)CCN(CCCN(CCCN(C)C)CCC(=O)OCCOC(=O)C(C)CSC)CCC(=O)OCCOC.CSCC(C)C=O. The first-order valence-corrected chi connectivity index (χ1v) is 22.9. The molecule has 0 amide bonds. The first-order chi connectivity index (χ1) is 27.2. The van der Waals surface area contributed by atoms with Crippen LogP contribution < -0.4 is 0 Å². The molecule has 0 saturated heterocycles. The fourth-order valence-corrected chi connectivity index (χ4v) is 5.67. The molecule has 0 aliphatic rings. The van der Waals surface area contributed by atoms with E-state index in [9.17, 15) is 28.8 Å². The van der Waals surface area contributed by atoms with Crippen molar-refractivity contribution in [3.05, 3.63) is 0 Å². The second-order valence-electron chi connectivity index (χ2n) is 13.5. The smallest absolute Gasteiger partial charge is 0.309 e. The zero-order valence-corrected chi connectivity index (χ0v) is 38.8. The van der Waals surface area contributed by atoms with Gasteiger partial charge in [-0.15, -0.1) is 0 Å². The predicted octanol–water partition coefficient (Wildman–Crippen LogP) is 3.50. The summed E-state index contributed by atoms with van der Waals surface area (Å²) in [6.45, 7) is 11.3. The van der Waals surface area contributed by atoms with Gasteiger partial charge in [-0.2, -0.15) is 36.2 Å². The van der Waals surface area contributed by atoms with Crippen LogP contribution in [0, 0.1) is 17.8 Å². The van der Waals surface area contributed by atoms with E-state index in [0.29, 0.717) is 50.9 Å². The summed E-state index contributed by atoms with van der Waals surface area (Å²) in [6, 6.07) is 0. The number of aldehydes is 2. The van der Waals surface area contributed by atoms with E-state index in [1.165, 1.54) is 0 Å². The van der Waals surface area contributed by atoms with Crippen LogP contribution in [0.2, 0.25) is 0 Å². The van der Waals surface area contributed by atoms with Gasteiger partial charge in [0.1, 0.15) is 39.0 Å². The molecule has 0 rings (SSSR count). The van der Waals surface area contributed by atoms with Gasteiger partial charge < -0.3 is 52.7 Å². The topological polar surface area (TPSA) is 168 Å². The second kappa shape index (κ2) is 43.6. The van der Waals surface area contributed by atoms with Crippen molar-refractivity contribution in [1.82, 2.24) is 14.7 Å². The molecule has 18 heteroatoms. The third kappa shape index (κ3) is 43.5. The third-order valence-electron chi connectivity index (χ3n) is 7.62. The first-order valence-electron chi connectivity index (χ1n) is 19.4. The maximum Gasteiger partial charge on any atom is 0.309 e. The van der Waals surface area contributed by atoms with Gasteiger partial charge in [-0.05, 0) is 71.4 Å². The molecule has 0 aromatic heterocycles. The molecule has 336 valence electrons. The number of nitrogens with zero attached hydrogens (tertiary/aromatic N) is 3. The first kappa shape index (κ1) is 59.4. The van der Waals surface area contributed by atoms with E-state index < -0.39 is 0 Å². The highest BCUT2D eigenvalue weighted by atomic mass is 32.2. The minimum absolute atomic E-state index is 0.0357. The Balaban J connectivity index is -0.00000190. The molecule has 0 saturated carbocycles. The highest BCUT2D eigenvalue weighted by molar-refractivity contribution is 7.98. The highest BCUT2D eigenvalue weighted by Gasteiger charge is 2.16. The van der Waals surface area contributed by atoms with Crippen LogP contribution >= 0.6 is 36.2 Å². The molecule has 0 fully saturated rings. The van der Waals surface area contributed by atoms with Gasteiger partial charge in [-0.25, -0.2) is 0 Å². The number of rotatable bonds is 34. The van der Waals surface area contributed by atoms with Crippen molar-refractivity contribution in [2.75, 3.05) is 144 Å². The summed E-state index contributed by atoms with van der Waals surface area (Å²) in [4.78, 5) is 74.5. The molecule has 57 heavy (non-hydrogen) atoms. The summed E-state index contributed by atoms with van der Waals surface area (Å²) in [5.41, 5.74) is 0. The Morgan fingerprint density at radius 3 is 1.30 bits per heavy atom. The monoisotopic (exact) mass is 873 g/mol. The van der Waals surface area contributed by atoms with Gasteiger partial charge in [0.15, 0.2) is 0 Å². The van der Waals surface area contributed by atoms with Gasteiger partial charge in [-0.1, -0.05) is 20.8 Å². The van der Waals surface area contributed by atoms with E-state index in [1.807, 2.05) is 47.4 Å². The molecular weight excluding hydrogens is 799 g/mol. The maximum absolute atomic E-state index is 12.4.